The van der Waals surface area contributed by atoms with Crippen LogP contribution in [0.25, 0.3) is 0 Å². The van der Waals surface area contributed by atoms with E-state index in [1.54, 1.807) is 0 Å². The van der Waals surface area contributed by atoms with Crippen molar-refractivity contribution in [1.82, 2.24) is 10.2 Å². The lowest BCUT2D eigenvalue weighted by molar-refractivity contribution is 0.240. The van der Waals surface area contributed by atoms with Crippen molar-refractivity contribution in [3.63, 3.8) is 0 Å². The molecule has 0 heterocycles. The summed E-state index contributed by atoms with van der Waals surface area (Å²) in [6.45, 7) is 10.5. The smallest absolute Gasteiger partial charge is 0.124 e. The highest BCUT2D eigenvalue weighted by molar-refractivity contribution is 5.36. The molecule has 0 spiro atoms. The Morgan fingerprint density at radius 2 is 2.00 bits per heavy atom. The van der Waals surface area contributed by atoms with Crippen molar-refractivity contribution in [2.24, 2.45) is 0 Å². The average Bonchev–Trinajstić information content (AvgIpc) is 3.34. The molecule has 0 saturated heterocycles. The van der Waals surface area contributed by atoms with E-state index < -0.39 is 0 Å². The molecule has 118 valence electrons. The first kappa shape index (κ1) is 16.3. The molecule has 1 unspecified atom stereocenters. The molecule has 1 atom stereocenters. The number of likely N-dealkylation sites (N-methyl/N-ethyl adjacent to an activating group) is 1. The Hall–Kier alpha value is -1.06. The monoisotopic (exact) mass is 290 g/mol. The van der Waals surface area contributed by atoms with E-state index in [9.17, 15) is 0 Å². The molecular formula is C18H30N2O. The molecule has 0 bridgehead atoms. The summed E-state index contributed by atoms with van der Waals surface area (Å²) in [4.78, 5) is 2.61. The lowest BCUT2D eigenvalue weighted by atomic mass is 10.0. The van der Waals surface area contributed by atoms with Gasteiger partial charge < -0.3 is 10.1 Å². The molecule has 21 heavy (non-hydrogen) atoms. The van der Waals surface area contributed by atoms with E-state index in [2.05, 4.69) is 48.3 Å². The third-order valence-corrected chi connectivity index (χ3v) is 4.12. The molecule has 1 aromatic carbocycles. The molecule has 0 amide bonds. The first-order valence-corrected chi connectivity index (χ1v) is 8.49. The van der Waals surface area contributed by atoms with Gasteiger partial charge >= 0.3 is 0 Å². The summed E-state index contributed by atoms with van der Waals surface area (Å²) in [5, 5.41) is 3.71. The van der Waals surface area contributed by atoms with E-state index in [-0.39, 0.29) is 0 Å². The number of nitrogens with one attached hydrogen (secondary N) is 1. The Balaban J connectivity index is 2.13. The van der Waals surface area contributed by atoms with E-state index in [0.29, 0.717) is 6.04 Å². The van der Waals surface area contributed by atoms with Gasteiger partial charge in [-0.05, 0) is 45.3 Å². The first-order chi connectivity index (χ1) is 10.3. The Morgan fingerprint density at radius 3 is 2.62 bits per heavy atom. The molecule has 1 N–H and O–H groups in total. The molecule has 2 rings (SSSR count). The predicted molar refractivity (Wildman–Crippen MR) is 88.9 cm³/mol. The van der Waals surface area contributed by atoms with E-state index in [0.717, 1.165) is 44.5 Å². The Kier molecular flexibility index (Phi) is 6.52. The zero-order valence-electron chi connectivity index (χ0n) is 13.8. The van der Waals surface area contributed by atoms with Crippen LogP contribution in [0.1, 0.15) is 51.6 Å². The van der Waals surface area contributed by atoms with Crippen molar-refractivity contribution in [2.45, 2.75) is 52.1 Å². The highest BCUT2D eigenvalue weighted by Crippen LogP contribution is 2.31. The van der Waals surface area contributed by atoms with Crippen LogP contribution in [-0.2, 0) is 0 Å². The van der Waals surface area contributed by atoms with Gasteiger partial charge in [0.25, 0.3) is 0 Å². The minimum Gasteiger partial charge on any atom is -0.494 e. The molecule has 1 aliphatic rings. The van der Waals surface area contributed by atoms with Gasteiger partial charge in [-0.15, -0.1) is 0 Å². The summed E-state index contributed by atoms with van der Waals surface area (Å²) in [6.07, 6.45) is 3.88. The molecule has 3 nitrogen and oxygen atoms in total. The van der Waals surface area contributed by atoms with Gasteiger partial charge in [0, 0.05) is 24.2 Å². The van der Waals surface area contributed by atoms with Crippen molar-refractivity contribution in [3.8, 4) is 5.75 Å². The maximum absolute atomic E-state index is 5.83. The maximum Gasteiger partial charge on any atom is 0.124 e. The average molecular weight is 290 g/mol. The second kappa shape index (κ2) is 8.40. The van der Waals surface area contributed by atoms with Crippen molar-refractivity contribution >= 4 is 0 Å². The maximum atomic E-state index is 5.83. The summed E-state index contributed by atoms with van der Waals surface area (Å²) >= 11 is 0. The molecule has 0 radical (unpaired) electrons. The molecule has 1 aromatic rings. The quantitative estimate of drug-likeness (QED) is 0.712. The second-order valence-electron chi connectivity index (χ2n) is 5.80. The number of benzene rings is 1. The number of hydrogen-bond donors (Lipinski definition) is 1. The van der Waals surface area contributed by atoms with E-state index >= 15 is 0 Å². The lowest BCUT2D eigenvalue weighted by Gasteiger charge is -2.28. The van der Waals surface area contributed by atoms with Crippen molar-refractivity contribution in [2.75, 3.05) is 26.2 Å². The van der Waals surface area contributed by atoms with Gasteiger partial charge in [0.1, 0.15) is 5.75 Å². The fraction of sp³-hybridized carbons (Fsp3) is 0.667. The zero-order chi connectivity index (χ0) is 15.1. The van der Waals surface area contributed by atoms with Gasteiger partial charge in [-0.25, -0.2) is 0 Å². The summed E-state index contributed by atoms with van der Waals surface area (Å²) < 4.78 is 5.83. The normalized spacial score (nSPS) is 16.2. The van der Waals surface area contributed by atoms with Crippen molar-refractivity contribution < 1.29 is 4.74 Å². The second-order valence-corrected chi connectivity index (χ2v) is 5.80. The highest BCUT2D eigenvalue weighted by Gasteiger charge is 2.30. The van der Waals surface area contributed by atoms with Crippen LogP contribution in [0.5, 0.6) is 5.75 Å². The Labute approximate surface area is 129 Å². The SMILES string of the molecule is CCCNC(CN(CC)C1CC1)c1ccccc1OCC. The zero-order valence-corrected chi connectivity index (χ0v) is 13.8. The number of ether oxygens (including phenoxy) is 1. The number of rotatable bonds is 10. The Morgan fingerprint density at radius 1 is 1.24 bits per heavy atom. The van der Waals surface area contributed by atoms with Crippen molar-refractivity contribution in [3.05, 3.63) is 29.8 Å². The third kappa shape index (κ3) is 4.72. The summed E-state index contributed by atoms with van der Waals surface area (Å²) in [5.74, 6) is 1.03. The number of para-hydroxylation sites is 1. The van der Waals surface area contributed by atoms with Gasteiger partial charge in [-0.2, -0.15) is 0 Å². The van der Waals surface area contributed by atoms with Crippen LogP contribution >= 0.6 is 0 Å². The van der Waals surface area contributed by atoms with Gasteiger partial charge in [0.15, 0.2) is 0 Å². The summed E-state index contributed by atoms with van der Waals surface area (Å²) in [5.41, 5.74) is 1.30. The molecule has 0 aliphatic heterocycles. The van der Waals surface area contributed by atoms with Gasteiger partial charge in [-0.1, -0.05) is 32.0 Å². The van der Waals surface area contributed by atoms with Gasteiger partial charge in [-0.3, -0.25) is 4.90 Å². The van der Waals surface area contributed by atoms with E-state index in [4.69, 9.17) is 4.74 Å². The largest absolute Gasteiger partial charge is 0.494 e. The minimum atomic E-state index is 0.355. The molecule has 0 aromatic heterocycles. The third-order valence-electron chi connectivity index (χ3n) is 4.12. The fourth-order valence-corrected chi connectivity index (χ4v) is 2.86. The van der Waals surface area contributed by atoms with Crippen LogP contribution in [0.2, 0.25) is 0 Å². The van der Waals surface area contributed by atoms with E-state index in [1.807, 2.05) is 6.92 Å². The van der Waals surface area contributed by atoms with Crippen molar-refractivity contribution in [1.29, 1.82) is 0 Å². The molecule has 1 aliphatic carbocycles. The van der Waals surface area contributed by atoms with Crippen LogP contribution in [0.15, 0.2) is 24.3 Å². The highest BCUT2D eigenvalue weighted by atomic mass is 16.5. The topological polar surface area (TPSA) is 24.5 Å². The minimum absolute atomic E-state index is 0.355. The molecule has 1 saturated carbocycles. The van der Waals surface area contributed by atoms with Crippen LogP contribution in [0.3, 0.4) is 0 Å². The van der Waals surface area contributed by atoms with Crippen LogP contribution in [0, 0.1) is 0 Å². The van der Waals surface area contributed by atoms with Crippen LogP contribution in [0.4, 0.5) is 0 Å². The predicted octanol–water partition coefficient (Wildman–Crippen LogP) is 3.61. The summed E-state index contributed by atoms with van der Waals surface area (Å²) in [7, 11) is 0. The standard InChI is InChI=1S/C18H30N2O/c1-4-13-19-17(14-20(5-2)15-11-12-15)16-9-7-8-10-18(16)21-6-3/h7-10,15,17,19H,4-6,11-14H2,1-3H3. The van der Waals surface area contributed by atoms with Gasteiger partial charge in [0.2, 0.25) is 0 Å². The van der Waals surface area contributed by atoms with Crippen LogP contribution in [-0.4, -0.2) is 37.2 Å². The molecular weight excluding hydrogens is 260 g/mol. The molecule has 3 heteroatoms. The Bertz CT molecular complexity index is 417. The fourth-order valence-electron chi connectivity index (χ4n) is 2.86. The van der Waals surface area contributed by atoms with Crippen LogP contribution < -0.4 is 10.1 Å². The first-order valence-electron chi connectivity index (χ1n) is 8.49. The number of hydrogen-bond acceptors (Lipinski definition) is 3. The lowest BCUT2D eigenvalue weighted by Crippen LogP contribution is -2.37. The summed E-state index contributed by atoms with van der Waals surface area (Å²) in [6, 6.07) is 9.63. The number of nitrogens with zero attached hydrogens (tertiary/aromatic N) is 1. The van der Waals surface area contributed by atoms with E-state index in [1.165, 1.54) is 18.4 Å². The molecule has 1 fully saturated rings. The van der Waals surface area contributed by atoms with Gasteiger partial charge in [0.05, 0.1) is 6.61 Å².